The van der Waals surface area contributed by atoms with E-state index in [0.717, 1.165) is 48.4 Å². The van der Waals surface area contributed by atoms with E-state index in [1.807, 2.05) is 55.5 Å². The summed E-state index contributed by atoms with van der Waals surface area (Å²) in [6.07, 6.45) is 9.40. The lowest BCUT2D eigenvalue weighted by Crippen LogP contribution is -2.44. The van der Waals surface area contributed by atoms with E-state index in [-0.39, 0.29) is 5.91 Å². The van der Waals surface area contributed by atoms with Crippen molar-refractivity contribution in [3.63, 3.8) is 0 Å². The van der Waals surface area contributed by atoms with Crippen molar-refractivity contribution >= 4 is 34.0 Å². The van der Waals surface area contributed by atoms with Crippen LogP contribution in [0.25, 0.3) is 16.6 Å². The summed E-state index contributed by atoms with van der Waals surface area (Å²) < 4.78 is 0. The molecule has 1 aromatic carbocycles. The zero-order chi connectivity index (χ0) is 22.5. The number of amides is 1. The first-order valence-corrected chi connectivity index (χ1v) is 10.7. The maximum Gasteiger partial charge on any atom is 0.256 e. The third kappa shape index (κ3) is 4.63. The molecule has 1 saturated heterocycles. The van der Waals surface area contributed by atoms with Crippen molar-refractivity contribution in [3.05, 3.63) is 78.5 Å². The predicted octanol–water partition coefficient (Wildman–Crippen LogP) is 4.11. The van der Waals surface area contributed by atoms with Gasteiger partial charge in [-0.1, -0.05) is 30.9 Å². The highest BCUT2D eigenvalue weighted by Crippen LogP contribution is 2.25. The molecule has 164 valence electrons. The maximum atomic E-state index is 12.9. The number of aromatic nitrogens is 3. The molecule has 32 heavy (non-hydrogen) atoms. The first-order valence-electron chi connectivity index (χ1n) is 10.7. The summed E-state index contributed by atoms with van der Waals surface area (Å²) in [4.78, 5) is 21.9. The molecule has 0 radical (unpaired) electrons. The van der Waals surface area contributed by atoms with E-state index in [1.54, 1.807) is 12.3 Å². The number of hydrogen-bond acceptors (Lipinski definition) is 5. The van der Waals surface area contributed by atoms with E-state index in [0.29, 0.717) is 17.0 Å². The standard InChI is InChI=1S/C25H28N6O/c1-4-6-7-18(5-2)20-16-22-23(26-17-20)28-29-24(22)27-25(32)19-8-10-21(11-9-19)31-14-12-30(3)13-15-31/h4-11,16-17H,2,12-15H2,1,3H3,(H2,26,27,28,29,32)/b6-4-,18-7+. The molecule has 4 rings (SSSR count). The molecule has 0 unspecified atom stereocenters. The lowest BCUT2D eigenvalue weighted by molar-refractivity contribution is 0.102. The molecule has 7 heteroatoms. The van der Waals surface area contributed by atoms with Crippen molar-refractivity contribution in [2.24, 2.45) is 0 Å². The van der Waals surface area contributed by atoms with Crippen LogP contribution in [0.5, 0.6) is 0 Å². The zero-order valence-corrected chi connectivity index (χ0v) is 18.5. The van der Waals surface area contributed by atoms with E-state index in [4.69, 9.17) is 0 Å². The van der Waals surface area contributed by atoms with Gasteiger partial charge >= 0.3 is 0 Å². The van der Waals surface area contributed by atoms with Crippen LogP contribution in [0.1, 0.15) is 22.8 Å². The Morgan fingerprint density at radius 3 is 2.59 bits per heavy atom. The fourth-order valence-electron chi connectivity index (χ4n) is 3.71. The number of fused-ring (bicyclic) bond motifs is 1. The van der Waals surface area contributed by atoms with Crippen LogP contribution >= 0.6 is 0 Å². The van der Waals surface area contributed by atoms with Crippen molar-refractivity contribution < 1.29 is 4.79 Å². The number of carbonyl (C=O) groups excluding carboxylic acids is 1. The number of hydrogen-bond donors (Lipinski definition) is 2. The minimum atomic E-state index is -0.195. The van der Waals surface area contributed by atoms with E-state index in [1.165, 1.54) is 0 Å². The molecular formula is C25H28N6O. The molecule has 1 amide bonds. The number of nitrogens with one attached hydrogen (secondary N) is 2. The van der Waals surface area contributed by atoms with Crippen LogP contribution in [-0.2, 0) is 0 Å². The molecule has 7 nitrogen and oxygen atoms in total. The monoisotopic (exact) mass is 428 g/mol. The van der Waals surface area contributed by atoms with Gasteiger partial charge in [-0.3, -0.25) is 9.89 Å². The minimum Gasteiger partial charge on any atom is -0.369 e. The van der Waals surface area contributed by atoms with Gasteiger partial charge in [0.2, 0.25) is 0 Å². The van der Waals surface area contributed by atoms with Gasteiger partial charge in [0.15, 0.2) is 5.65 Å². The summed E-state index contributed by atoms with van der Waals surface area (Å²) in [7, 11) is 2.14. The Bertz CT molecular complexity index is 1170. The van der Waals surface area contributed by atoms with Gasteiger partial charge in [-0.05, 0) is 49.9 Å². The second-order valence-corrected chi connectivity index (χ2v) is 7.84. The maximum absolute atomic E-state index is 12.9. The van der Waals surface area contributed by atoms with Gasteiger partial charge in [0, 0.05) is 49.2 Å². The zero-order valence-electron chi connectivity index (χ0n) is 18.5. The van der Waals surface area contributed by atoms with Crippen LogP contribution in [0.4, 0.5) is 11.5 Å². The SMILES string of the molecule is C=C/C(=C\C=C/C)c1cnc2n[nH]c(NC(=O)c3ccc(N4CCN(C)CC4)cc3)c2c1. The molecule has 0 bridgehead atoms. The van der Waals surface area contributed by atoms with Crippen molar-refractivity contribution in [2.75, 3.05) is 43.4 Å². The molecule has 2 N–H and O–H groups in total. The number of piperazine rings is 1. The minimum absolute atomic E-state index is 0.195. The third-order valence-electron chi connectivity index (χ3n) is 5.67. The Kier molecular flexibility index (Phi) is 6.47. The lowest BCUT2D eigenvalue weighted by atomic mass is 10.1. The van der Waals surface area contributed by atoms with Gasteiger partial charge in [0.05, 0.1) is 5.39 Å². The van der Waals surface area contributed by atoms with Crippen molar-refractivity contribution in [3.8, 4) is 0 Å². The number of aromatic amines is 1. The largest absolute Gasteiger partial charge is 0.369 e. The Morgan fingerprint density at radius 1 is 1.16 bits per heavy atom. The quantitative estimate of drug-likeness (QED) is 0.578. The number of rotatable bonds is 6. The van der Waals surface area contributed by atoms with Gasteiger partial charge in [0.25, 0.3) is 5.91 Å². The predicted molar refractivity (Wildman–Crippen MR) is 131 cm³/mol. The first-order chi connectivity index (χ1) is 15.6. The van der Waals surface area contributed by atoms with Crippen LogP contribution in [-0.4, -0.2) is 59.2 Å². The average Bonchev–Trinajstić information content (AvgIpc) is 3.22. The number of pyridine rings is 1. The molecular weight excluding hydrogens is 400 g/mol. The third-order valence-corrected chi connectivity index (χ3v) is 5.67. The Labute approximate surface area is 188 Å². The summed E-state index contributed by atoms with van der Waals surface area (Å²) in [6.45, 7) is 9.92. The highest BCUT2D eigenvalue weighted by Gasteiger charge is 2.16. The summed E-state index contributed by atoms with van der Waals surface area (Å²) in [5, 5.41) is 10.8. The van der Waals surface area contributed by atoms with Crippen LogP contribution in [0.2, 0.25) is 0 Å². The molecule has 0 atom stereocenters. The van der Waals surface area contributed by atoms with Gasteiger partial charge < -0.3 is 15.1 Å². The van der Waals surface area contributed by atoms with Crippen LogP contribution in [0.15, 0.2) is 67.4 Å². The number of H-pyrrole nitrogens is 1. The highest BCUT2D eigenvalue weighted by atomic mass is 16.1. The number of allylic oxidation sites excluding steroid dienone is 5. The fraction of sp³-hybridized carbons (Fsp3) is 0.240. The average molecular weight is 429 g/mol. The summed E-state index contributed by atoms with van der Waals surface area (Å²) >= 11 is 0. The second kappa shape index (κ2) is 9.62. The molecule has 1 fully saturated rings. The molecule has 3 heterocycles. The summed E-state index contributed by atoms with van der Waals surface area (Å²) in [5.41, 5.74) is 4.12. The molecule has 0 saturated carbocycles. The Hall–Kier alpha value is -3.71. The number of likely N-dealkylation sites (N-methyl/N-ethyl adjacent to an activating group) is 1. The first kappa shape index (κ1) is 21.5. The van der Waals surface area contributed by atoms with Gasteiger partial charge in [0.1, 0.15) is 5.82 Å². The van der Waals surface area contributed by atoms with Gasteiger partial charge in [-0.25, -0.2) is 4.98 Å². The second-order valence-electron chi connectivity index (χ2n) is 7.84. The number of anilines is 2. The Balaban J connectivity index is 1.52. The van der Waals surface area contributed by atoms with Crippen molar-refractivity contribution in [1.29, 1.82) is 0 Å². The van der Waals surface area contributed by atoms with Crippen LogP contribution in [0, 0.1) is 0 Å². The molecule has 3 aromatic rings. The summed E-state index contributed by atoms with van der Waals surface area (Å²) in [6, 6.07) is 9.69. The lowest BCUT2D eigenvalue weighted by Gasteiger charge is -2.34. The molecule has 0 spiro atoms. The number of nitrogens with zero attached hydrogens (tertiary/aromatic N) is 4. The summed E-state index contributed by atoms with van der Waals surface area (Å²) in [5.74, 6) is 0.330. The molecule has 2 aromatic heterocycles. The van der Waals surface area contributed by atoms with E-state index >= 15 is 0 Å². The van der Waals surface area contributed by atoms with Crippen molar-refractivity contribution in [2.45, 2.75) is 6.92 Å². The smallest absolute Gasteiger partial charge is 0.256 e. The van der Waals surface area contributed by atoms with Gasteiger partial charge in [-0.2, -0.15) is 5.10 Å². The molecule has 1 aliphatic rings. The van der Waals surface area contributed by atoms with Gasteiger partial charge in [-0.15, -0.1) is 0 Å². The molecule has 1 aliphatic heterocycles. The van der Waals surface area contributed by atoms with E-state index in [9.17, 15) is 4.79 Å². The van der Waals surface area contributed by atoms with Crippen LogP contribution in [0.3, 0.4) is 0 Å². The Morgan fingerprint density at radius 2 is 1.91 bits per heavy atom. The van der Waals surface area contributed by atoms with Crippen LogP contribution < -0.4 is 10.2 Å². The van der Waals surface area contributed by atoms with E-state index in [2.05, 4.69) is 43.9 Å². The number of benzene rings is 1. The normalized spacial score (nSPS) is 15.4. The number of carbonyl (C=O) groups is 1. The van der Waals surface area contributed by atoms with E-state index < -0.39 is 0 Å². The topological polar surface area (TPSA) is 77.1 Å². The fourth-order valence-corrected chi connectivity index (χ4v) is 3.71. The molecule has 0 aliphatic carbocycles. The highest BCUT2D eigenvalue weighted by molar-refractivity contribution is 6.07. The van der Waals surface area contributed by atoms with Crippen molar-refractivity contribution in [1.82, 2.24) is 20.1 Å².